The average Bonchev–Trinajstić information content (AvgIpc) is 2.45. The van der Waals surface area contributed by atoms with Crippen LogP contribution in [0.15, 0.2) is 42.5 Å². The van der Waals surface area contributed by atoms with Crippen molar-refractivity contribution in [1.82, 2.24) is 0 Å². The van der Waals surface area contributed by atoms with Gasteiger partial charge in [0.1, 0.15) is 12.7 Å². The first-order valence-corrected chi connectivity index (χ1v) is 8.14. The molecule has 0 spiro atoms. The average molecular weight is 438 g/mol. The van der Waals surface area contributed by atoms with Crippen LogP contribution in [0.3, 0.4) is 0 Å². The van der Waals surface area contributed by atoms with Crippen molar-refractivity contribution in [1.29, 1.82) is 0 Å². The number of nitrogens with one attached hydrogen (secondary N) is 1. The molecule has 0 aliphatic heterocycles. The Labute approximate surface area is 147 Å². The van der Waals surface area contributed by atoms with Gasteiger partial charge in [0.15, 0.2) is 5.75 Å². The van der Waals surface area contributed by atoms with E-state index in [0.29, 0.717) is 22.3 Å². The standard InChI is InChI=1S/C15H14Cl2INO2/c16-13-5-2-6-14(17)15(13)21-9-12(20)8-19-11-4-1-3-10(18)7-11/h1-7,12,19-20H,8-9H2. The van der Waals surface area contributed by atoms with Crippen molar-refractivity contribution in [3.63, 3.8) is 0 Å². The van der Waals surface area contributed by atoms with Crippen molar-refractivity contribution >= 4 is 51.5 Å². The Bertz CT molecular complexity index is 590. The highest BCUT2D eigenvalue weighted by atomic mass is 127. The Kier molecular flexibility index (Phi) is 6.41. The molecule has 1 unspecified atom stereocenters. The molecule has 0 amide bonds. The molecule has 1 atom stereocenters. The second-order valence-corrected chi connectivity index (χ2v) is 6.47. The molecule has 0 aliphatic carbocycles. The van der Waals surface area contributed by atoms with E-state index in [0.717, 1.165) is 9.26 Å². The second kappa shape index (κ2) is 8.08. The zero-order chi connectivity index (χ0) is 15.2. The molecule has 0 bridgehead atoms. The SMILES string of the molecule is OC(CNc1cccc(I)c1)COc1c(Cl)cccc1Cl. The zero-order valence-corrected chi connectivity index (χ0v) is 14.7. The quantitative estimate of drug-likeness (QED) is 0.656. The molecule has 0 aromatic heterocycles. The molecule has 6 heteroatoms. The van der Waals surface area contributed by atoms with Crippen molar-refractivity contribution < 1.29 is 9.84 Å². The van der Waals surface area contributed by atoms with E-state index in [2.05, 4.69) is 27.9 Å². The first kappa shape index (κ1) is 16.7. The van der Waals surface area contributed by atoms with E-state index in [-0.39, 0.29) is 6.61 Å². The fraction of sp³-hybridized carbons (Fsp3) is 0.200. The van der Waals surface area contributed by atoms with Crippen LogP contribution in [-0.4, -0.2) is 24.4 Å². The van der Waals surface area contributed by atoms with Gasteiger partial charge in [0, 0.05) is 15.8 Å². The van der Waals surface area contributed by atoms with Crippen molar-refractivity contribution in [2.75, 3.05) is 18.5 Å². The normalized spacial score (nSPS) is 12.0. The lowest BCUT2D eigenvalue weighted by Gasteiger charge is -2.15. The number of benzene rings is 2. The molecule has 2 aromatic rings. The summed E-state index contributed by atoms with van der Waals surface area (Å²) < 4.78 is 6.62. The van der Waals surface area contributed by atoms with Crippen LogP contribution < -0.4 is 10.1 Å². The number of aliphatic hydroxyl groups excluding tert-OH is 1. The van der Waals surface area contributed by atoms with Crippen LogP contribution in [0.25, 0.3) is 0 Å². The van der Waals surface area contributed by atoms with Gasteiger partial charge in [-0.3, -0.25) is 0 Å². The van der Waals surface area contributed by atoms with Gasteiger partial charge in [-0.15, -0.1) is 0 Å². The predicted octanol–water partition coefficient (Wildman–Crippen LogP) is 4.45. The Balaban J connectivity index is 1.84. The Morgan fingerprint density at radius 2 is 1.81 bits per heavy atom. The molecule has 0 heterocycles. The Hall–Kier alpha value is -0.690. The highest BCUT2D eigenvalue weighted by molar-refractivity contribution is 14.1. The van der Waals surface area contributed by atoms with Gasteiger partial charge in [0.05, 0.1) is 10.0 Å². The number of ether oxygens (including phenoxy) is 1. The molecule has 0 radical (unpaired) electrons. The lowest BCUT2D eigenvalue weighted by atomic mass is 10.3. The van der Waals surface area contributed by atoms with Crippen LogP contribution in [0.5, 0.6) is 5.75 Å². The molecular formula is C15H14Cl2INO2. The molecule has 2 N–H and O–H groups in total. The van der Waals surface area contributed by atoms with Gasteiger partial charge >= 0.3 is 0 Å². The molecular weight excluding hydrogens is 424 g/mol. The van der Waals surface area contributed by atoms with Gasteiger partial charge < -0.3 is 15.2 Å². The highest BCUT2D eigenvalue weighted by Crippen LogP contribution is 2.32. The lowest BCUT2D eigenvalue weighted by Crippen LogP contribution is -2.26. The Morgan fingerprint density at radius 3 is 2.48 bits per heavy atom. The number of rotatable bonds is 6. The van der Waals surface area contributed by atoms with E-state index in [9.17, 15) is 5.11 Å². The summed E-state index contributed by atoms with van der Waals surface area (Å²) in [7, 11) is 0. The number of halogens is 3. The molecule has 0 aliphatic rings. The van der Waals surface area contributed by atoms with Gasteiger partial charge in [0.25, 0.3) is 0 Å². The Morgan fingerprint density at radius 1 is 1.14 bits per heavy atom. The second-order valence-electron chi connectivity index (χ2n) is 4.41. The number of hydrogen-bond acceptors (Lipinski definition) is 3. The molecule has 0 fully saturated rings. The van der Waals surface area contributed by atoms with E-state index in [1.165, 1.54) is 0 Å². The van der Waals surface area contributed by atoms with E-state index in [1.54, 1.807) is 18.2 Å². The number of hydrogen-bond donors (Lipinski definition) is 2. The van der Waals surface area contributed by atoms with Gasteiger partial charge in [-0.05, 0) is 52.9 Å². The molecule has 0 saturated heterocycles. The first-order valence-electron chi connectivity index (χ1n) is 6.30. The van der Waals surface area contributed by atoms with E-state index < -0.39 is 6.10 Å². The highest BCUT2D eigenvalue weighted by Gasteiger charge is 2.10. The van der Waals surface area contributed by atoms with Crippen LogP contribution >= 0.6 is 45.8 Å². The summed E-state index contributed by atoms with van der Waals surface area (Å²) in [5, 5.41) is 14.0. The third kappa shape index (κ3) is 5.21. The molecule has 2 aromatic carbocycles. The predicted molar refractivity (Wildman–Crippen MR) is 95.6 cm³/mol. The topological polar surface area (TPSA) is 41.5 Å². The molecule has 0 saturated carbocycles. The van der Waals surface area contributed by atoms with Crippen molar-refractivity contribution in [3.05, 3.63) is 56.1 Å². The van der Waals surface area contributed by atoms with E-state index in [4.69, 9.17) is 27.9 Å². The minimum absolute atomic E-state index is 0.111. The zero-order valence-electron chi connectivity index (χ0n) is 11.0. The van der Waals surface area contributed by atoms with Gasteiger partial charge in [0.2, 0.25) is 0 Å². The van der Waals surface area contributed by atoms with Crippen LogP contribution in [0.1, 0.15) is 0 Å². The number of anilines is 1. The summed E-state index contributed by atoms with van der Waals surface area (Å²) in [5.41, 5.74) is 0.955. The monoisotopic (exact) mass is 437 g/mol. The fourth-order valence-corrected chi connectivity index (χ4v) is 2.74. The van der Waals surface area contributed by atoms with Crippen molar-refractivity contribution in [2.24, 2.45) is 0 Å². The maximum Gasteiger partial charge on any atom is 0.156 e. The number of para-hydroxylation sites is 1. The molecule has 21 heavy (non-hydrogen) atoms. The summed E-state index contributed by atoms with van der Waals surface area (Å²) in [4.78, 5) is 0. The third-order valence-electron chi connectivity index (χ3n) is 2.71. The van der Waals surface area contributed by atoms with Crippen LogP contribution in [0, 0.1) is 3.57 Å². The minimum atomic E-state index is -0.671. The summed E-state index contributed by atoms with van der Waals surface area (Å²) in [6.45, 7) is 0.489. The van der Waals surface area contributed by atoms with Crippen LogP contribution in [-0.2, 0) is 0 Å². The van der Waals surface area contributed by atoms with E-state index >= 15 is 0 Å². The fourth-order valence-electron chi connectivity index (χ4n) is 1.69. The third-order valence-corrected chi connectivity index (χ3v) is 3.97. The minimum Gasteiger partial charge on any atom is -0.488 e. The van der Waals surface area contributed by atoms with Gasteiger partial charge in [-0.2, -0.15) is 0 Å². The molecule has 112 valence electrons. The number of aliphatic hydroxyl groups is 1. The summed E-state index contributed by atoms with van der Waals surface area (Å²) in [5.74, 6) is 0.397. The maximum atomic E-state index is 9.95. The van der Waals surface area contributed by atoms with Crippen LogP contribution in [0.4, 0.5) is 5.69 Å². The smallest absolute Gasteiger partial charge is 0.156 e. The summed E-state index contributed by atoms with van der Waals surface area (Å²) in [6, 6.07) is 13.0. The lowest BCUT2D eigenvalue weighted by molar-refractivity contribution is 0.117. The van der Waals surface area contributed by atoms with Gasteiger partial charge in [-0.1, -0.05) is 35.3 Å². The van der Waals surface area contributed by atoms with Crippen molar-refractivity contribution in [2.45, 2.75) is 6.10 Å². The summed E-state index contributed by atoms with van der Waals surface area (Å²) >= 11 is 14.2. The maximum absolute atomic E-state index is 9.95. The molecule has 2 rings (SSSR count). The van der Waals surface area contributed by atoms with Gasteiger partial charge in [-0.25, -0.2) is 0 Å². The largest absolute Gasteiger partial charge is 0.488 e. The van der Waals surface area contributed by atoms with E-state index in [1.807, 2.05) is 24.3 Å². The van der Waals surface area contributed by atoms with Crippen LogP contribution in [0.2, 0.25) is 10.0 Å². The molecule has 3 nitrogen and oxygen atoms in total. The summed E-state index contributed by atoms with van der Waals surface area (Å²) in [6.07, 6.45) is -0.671. The first-order chi connectivity index (χ1) is 10.1. The van der Waals surface area contributed by atoms with Crippen molar-refractivity contribution in [3.8, 4) is 5.75 Å².